The molecule has 1 saturated heterocycles. The second-order valence-electron chi connectivity index (χ2n) is 6.88. The van der Waals surface area contributed by atoms with Crippen molar-refractivity contribution < 1.29 is 14.0 Å². The van der Waals surface area contributed by atoms with Crippen LogP contribution in [0.3, 0.4) is 0 Å². The topological polar surface area (TPSA) is 80.4 Å². The first-order valence-electron chi connectivity index (χ1n) is 9.37. The van der Waals surface area contributed by atoms with Crippen molar-refractivity contribution in [2.75, 3.05) is 13.1 Å². The highest BCUT2D eigenvalue weighted by Gasteiger charge is 2.34. The summed E-state index contributed by atoms with van der Waals surface area (Å²) in [6.45, 7) is 1.33. The third-order valence-corrected chi connectivity index (χ3v) is 4.86. The first-order valence-corrected chi connectivity index (χ1v) is 9.37. The summed E-state index contributed by atoms with van der Waals surface area (Å²) in [4.78, 5) is 26.2. The highest BCUT2D eigenvalue weighted by molar-refractivity contribution is 5.89. The average molecular weight is 378 g/mol. The van der Waals surface area contributed by atoms with E-state index in [1.807, 2.05) is 53.3 Å². The molecule has 28 heavy (non-hydrogen) atoms. The first kappa shape index (κ1) is 18.0. The monoisotopic (exact) mass is 378 g/mol. The van der Waals surface area contributed by atoms with Gasteiger partial charge in [0.2, 0.25) is 11.8 Å². The van der Waals surface area contributed by atoms with Gasteiger partial charge in [0, 0.05) is 32.1 Å². The molecule has 0 radical (unpaired) electrons. The highest BCUT2D eigenvalue weighted by Crippen LogP contribution is 2.20. The van der Waals surface area contributed by atoms with Crippen LogP contribution in [0.25, 0.3) is 5.69 Å². The molecule has 144 valence electrons. The summed E-state index contributed by atoms with van der Waals surface area (Å²) in [6.07, 6.45) is 4.38. The molecule has 2 amide bonds. The second kappa shape index (κ2) is 8.12. The maximum absolute atomic E-state index is 12.4. The molecule has 1 N–H and O–H groups in total. The van der Waals surface area contributed by atoms with Gasteiger partial charge in [0.25, 0.3) is 0 Å². The van der Waals surface area contributed by atoms with Crippen LogP contribution in [0.2, 0.25) is 0 Å². The zero-order valence-electron chi connectivity index (χ0n) is 15.5. The Labute approximate surface area is 162 Å². The molecule has 1 aromatic carbocycles. The number of hydrogen-bond donors (Lipinski definition) is 1. The number of nitrogens with one attached hydrogen (secondary N) is 1. The number of carbonyl (C=O) groups is 2. The number of hydrogen-bond acceptors (Lipinski definition) is 4. The lowest BCUT2D eigenvalue weighted by atomic mass is 10.1. The van der Waals surface area contributed by atoms with Crippen molar-refractivity contribution in [1.29, 1.82) is 0 Å². The molecule has 0 bridgehead atoms. The van der Waals surface area contributed by atoms with Crippen LogP contribution in [-0.2, 0) is 22.6 Å². The van der Waals surface area contributed by atoms with Crippen LogP contribution in [0.15, 0.2) is 65.4 Å². The Kier molecular flexibility index (Phi) is 5.23. The van der Waals surface area contributed by atoms with Gasteiger partial charge in [-0.3, -0.25) is 9.59 Å². The highest BCUT2D eigenvalue weighted by atomic mass is 16.3. The smallest absolute Gasteiger partial charge is 0.225 e. The van der Waals surface area contributed by atoms with Gasteiger partial charge in [0.1, 0.15) is 5.76 Å². The first-order chi connectivity index (χ1) is 13.7. The number of nitrogens with zero attached hydrogens (tertiary/aromatic N) is 3. The fraction of sp³-hybridized carbons (Fsp3) is 0.286. The van der Waals surface area contributed by atoms with Gasteiger partial charge in [-0.15, -0.1) is 0 Å². The summed E-state index contributed by atoms with van der Waals surface area (Å²) >= 11 is 0. The molecule has 7 nitrogen and oxygen atoms in total. The molecule has 2 aromatic heterocycles. The molecule has 7 heteroatoms. The Morgan fingerprint density at radius 3 is 2.82 bits per heavy atom. The van der Waals surface area contributed by atoms with Gasteiger partial charge in [-0.05, 0) is 30.3 Å². The van der Waals surface area contributed by atoms with E-state index in [-0.39, 0.29) is 24.2 Å². The van der Waals surface area contributed by atoms with E-state index in [4.69, 9.17) is 4.42 Å². The van der Waals surface area contributed by atoms with Crippen molar-refractivity contribution in [3.05, 3.63) is 72.4 Å². The van der Waals surface area contributed by atoms with E-state index in [1.165, 1.54) is 0 Å². The van der Waals surface area contributed by atoms with Gasteiger partial charge in [-0.25, -0.2) is 4.68 Å². The van der Waals surface area contributed by atoms with Gasteiger partial charge in [-0.2, -0.15) is 5.10 Å². The minimum Gasteiger partial charge on any atom is -0.467 e. The Balaban J connectivity index is 1.25. The minimum atomic E-state index is -0.315. The number of para-hydroxylation sites is 1. The summed E-state index contributed by atoms with van der Waals surface area (Å²) in [5.41, 5.74) is 1.91. The summed E-state index contributed by atoms with van der Waals surface area (Å²) in [6, 6.07) is 15.4. The molecule has 1 atom stereocenters. The van der Waals surface area contributed by atoms with E-state index in [0.717, 1.165) is 17.1 Å². The predicted octanol–water partition coefficient (Wildman–Crippen LogP) is 2.17. The zero-order chi connectivity index (χ0) is 19.3. The van der Waals surface area contributed by atoms with Crippen molar-refractivity contribution in [2.24, 2.45) is 5.92 Å². The summed E-state index contributed by atoms with van der Waals surface area (Å²) in [5, 5.41) is 7.46. The van der Waals surface area contributed by atoms with Crippen molar-refractivity contribution in [1.82, 2.24) is 20.0 Å². The van der Waals surface area contributed by atoms with Crippen LogP contribution in [0.5, 0.6) is 0 Å². The van der Waals surface area contributed by atoms with E-state index in [1.54, 1.807) is 17.2 Å². The maximum atomic E-state index is 12.4. The standard InChI is InChI=1S/C21H22N4O3/c26-20-13-16(14-24(20)15-19-7-4-12-28-19)21(27)22-10-8-17-9-11-25(23-17)18-5-2-1-3-6-18/h1-7,9,11-12,16H,8,10,13-15H2,(H,22,27)/t16-/m0/s1. The molecule has 3 aromatic rings. The van der Waals surface area contributed by atoms with Crippen LogP contribution in [0.4, 0.5) is 0 Å². The third-order valence-electron chi connectivity index (χ3n) is 4.86. The number of furan rings is 1. The molecule has 0 spiro atoms. The van der Waals surface area contributed by atoms with Crippen molar-refractivity contribution in [2.45, 2.75) is 19.4 Å². The lowest BCUT2D eigenvalue weighted by Gasteiger charge is -2.15. The fourth-order valence-corrected chi connectivity index (χ4v) is 3.37. The predicted molar refractivity (Wildman–Crippen MR) is 103 cm³/mol. The number of likely N-dealkylation sites (tertiary alicyclic amines) is 1. The Bertz CT molecular complexity index is 934. The quantitative estimate of drug-likeness (QED) is 0.683. The third kappa shape index (κ3) is 4.14. The number of amides is 2. The van der Waals surface area contributed by atoms with Crippen LogP contribution < -0.4 is 5.32 Å². The molecule has 1 aliphatic heterocycles. The lowest BCUT2D eigenvalue weighted by molar-refractivity contribution is -0.129. The lowest BCUT2D eigenvalue weighted by Crippen LogP contribution is -2.34. The van der Waals surface area contributed by atoms with Crippen molar-refractivity contribution in [3.63, 3.8) is 0 Å². The maximum Gasteiger partial charge on any atom is 0.225 e. The molecule has 0 saturated carbocycles. The summed E-state index contributed by atoms with van der Waals surface area (Å²) in [5.74, 6) is 0.309. The van der Waals surface area contributed by atoms with Crippen molar-refractivity contribution >= 4 is 11.8 Å². The van der Waals surface area contributed by atoms with Gasteiger partial charge in [0.05, 0.1) is 30.1 Å². The molecule has 0 unspecified atom stereocenters. The molecule has 1 aliphatic rings. The number of carbonyl (C=O) groups excluding carboxylic acids is 2. The Morgan fingerprint density at radius 1 is 1.18 bits per heavy atom. The van der Waals surface area contributed by atoms with E-state index in [0.29, 0.717) is 26.1 Å². The van der Waals surface area contributed by atoms with E-state index < -0.39 is 0 Å². The van der Waals surface area contributed by atoms with Crippen molar-refractivity contribution in [3.8, 4) is 5.69 Å². The van der Waals surface area contributed by atoms with E-state index in [9.17, 15) is 9.59 Å². The molecular formula is C21H22N4O3. The van der Waals surface area contributed by atoms with Crippen LogP contribution in [0, 0.1) is 5.92 Å². The second-order valence-corrected chi connectivity index (χ2v) is 6.88. The average Bonchev–Trinajstić information content (AvgIpc) is 3.45. The van der Waals surface area contributed by atoms with E-state index >= 15 is 0 Å². The summed E-state index contributed by atoms with van der Waals surface area (Å²) < 4.78 is 7.10. The fourth-order valence-electron chi connectivity index (χ4n) is 3.37. The molecular weight excluding hydrogens is 356 g/mol. The Morgan fingerprint density at radius 2 is 2.04 bits per heavy atom. The van der Waals surface area contributed by atoms with Crippen LogP contribution in [0.1, 0.15) is 17.9 Å². The zero-order valence-corrected chi connectivity index (χ0v) is 15.5. The number of rotatable bonds is 7. The van der Waals surface area contributed by atoms with Gasteiger partial charge in [0.15, 0.2) is 0 Å². The van der Waals surface area contributed by atoms with Gasteiger partial charge in [-0.1, -0.05) is 18.2 Å². The largest absolute Gasteiger partial charge is 0.467 e. The minimum absolute atomic E-state index is 0.0156. The Hall–Kier alpha value is -3.35. The molecule has 3 heterocycles. The van der Waals surface area contributed by atoms with Gasteiger partial charge >= 0.3 is 0 Å². The molecule has 4 rings (SSSR count). The van der Waals surface area contributed by atoms with Crippen LogP contribution >= 0.6 is 0 Å². The SMILES string of the molecule is O=C(NCCc1ccn(-c2ccccc2)n1)[C@H]1CC(=O)N(Cc2ccco2)C1. The number of benzene rings is 1. The summed E-state index contributed by atoms with van der Waals surface area (Å²) in [7, 11) is 0. The molecule has 1 fully saturated rings. The van der Waals surface area contributed by atoms with E-state index in [2.05, 4.69) is 10.4 Å². The normalized spacial score (nSPS) is 16.5. The molecule has 0 aliphatic carbocycles. The van der Waals surface area contributed by atoms with Gasteiger partial charge < -0.3 is 14.6 Å². The van der Waals surface area contributed by atoms with Crippen LogP contribution in [-0.4, -0.2) is 39.6 Å². The number of aromatic nitrogens is 2.